The topological polar surface area (TPSA) is 70.8 Å². The number of hydrogen-bond donors (Lipinski definition) is 1. The normalized spacial score (nSPS) is 11.8. The fourth-order valence-electron chi connectivity index (χ4n) is 1.45. The molecule has 0 fully saturated rings. The van der Waals surface area contributed by atoms with Crippen LogP contribution in [0, 0.1) is 0 Å². The standard InChI is InChI=1S/C13H19NO4/c1-4-17-12-7-10(8-14)5-6-11(12)18-9(2)13(15)16-3/h5-7,9H,4,8,14H2,1-3H3. The van der Waals surface area contributed by atoms with E-state index in [2.05, 4.69) is 4.74 Å². The second-order valence-electron chi connectivity index (χ2n) is 3.70. The molecule has 100 valence electrons. The van der Waals surface area contributed by atoms with E-state index in [0.717, 1.165) is 5.56 Å². The smallest absolute Gasteiger partial charge is 0.346 e. The summed E-state index contributed by atoms with van der Waals surface area (Å²) in [6, 6.07) is 5.39. The summed E-state index contributed by atoms with van der Waals surface area (Å²) in [6.45, 7) is 4.44. The monoisotopic (exact) mass is 253 g/mol. The van der Waals surface area contributed by atoms with Crippen LogP contribution >= 0.6 is 0 Å². The van der Waals surface area contributed by atoms with Gasteiger partial charge in [0.1, 0.15) is 0 Å². The lowest BCUT2D eigenvalue weighted by atomic mass is 10.2. The van der Waals surface area contributed by atoms with Gasteiger partial charge < -0.3 is 19.9 Å². The first-order valence-corrected chi connectivity index (χ1v) is 5.82. The average molecular weight is 253 g/mol. The highest BCUT2D eigenvalue weighted by atomic mass is 16.6. The zero-order chi connectivity index (χ0) is 13.5. The van der Waals surface area contributed by atoms with Crippen molar-refractivity contribution in [3.63, 3.8) is 0 Å². The molecule has 2 N–H and O–H groups in total. The first-order chi connectivity index (χ1) is 8.62. The Bertz CT molecular complexity index is 406. The van der Waals surface area contributed by atoms with Crippen molar-refractivity contribution in [2.45, 2.75) is 26.5 Å². The number of hydrogen-bond acceptors (Lipinski definition) is 5. The summed E-state index contributed by atoms with van der Waals surface area (Å²) in [4.78, 5) is 11.3. The average Bonchev–Trinajstić information content (AvgIpc) is 2.39. The van der Waals surface area contributed by atoms with Crippen molar-refractivity contribution in [3.8, 4) is 11.5 Å². The van der Waals surface area contributed by atoms with Crippen molar-refractivity contribution in [1.29, 1.82) is 0 Å². The molecule has 0 amide bonds. The van der Waals surface area contributed by atoms with Crippen LogP contribution in [0.3, 0.4) is 0 Å². The second kappa shape index (κ2) is 6.86. The van der Waals surface area contributed by atoms with Crippen LogP contribution in [0.25, 0.3) is 0 Å². The lowest BCUT2D eigenvalue weighted by molar-refractivity contribution is -0.147. The highest BCUT2D eigenvalue weighted by molar-refractivity contribution is 5.74. The second-order valence-corrected chi connectivity index (χ2v) is 3.70. The van der Waals surface area contributed by atoms with Crippen molar-refractivity contribution < 1.29 is 19.0 Å². The number of nitrogens with two attached hydrogens (primary N) is 1. The van der Waals surface area contributed by atoms with Crippen LogP contribution in [0.5, 0.6) is 11.5 Å². The van der Waals surface area contributed by atoms with Crippen molar-refractivity contribution >= 4 is 5.97 Å². The van der Waals surface area contributed by atoms with Crippen LogP contribution in [-0.2, 0) is 16.1 Å². The Morgan fingerprint density at radius 2 is 2.11 bits per heavy atom. The van der Waals surface area contributed by atoms with Gasteiger partial charge in [-0.1, -0.05) is 6.07 Å². The molecule has 1 unspecified atom stereocenters. The van der Waals surface area contributed by atoms with Gasteiger partial charge in [-0.15, -0.1) is 0 Å². The van der Waals surface area contributed by atoms with Gasteiger partial charge in [0.2, 0.25) is 0 Å². The van der Waals surface area contributed by atoms with E-state index in [0.29, 0.717) is 24.7 Å². The third kappa shape index (κ3) is 3.63. The molecule has 5 heteroatoms. The number of methoxy groups -OCH3 is 1. The first kappa shape index (κ1) is 14.3. The van der Waals surface area contributed by atoms with Gasteiger partial charge in [0.25, 0.3) is 0 Å². The van der Waals surface area contributed by atoms with Crippen LogP contribution in [0.4, 0.5) is 0 Å². The largest absolute Gasteiger partial charge is 0.490 e. The molecule has 0 aliphatic carbocycles. The van der Waals surface area contributed by atoms with E-state index in [-0.39, 0.29) is 0 Å². The maximum absolute atomic E-state index is 11.3. The molecule has 0 saturated carbocycles. The lowest BCUT2D eigenvalue weighted by Gasteiger charge is -2.16. The summed E-state index contributed by atoms with van der Waals surface area (Å²) in [5.41, 5.74) is 6.51. The van der Waals surface area contributed by atoms with Crippen molar-refractivity contribution in [2.75, 3.05) is 13.7 Å². The van der Waals surface area contributed by atoms with E-state index in [9.17, 15) is 4.79 Å². The Morgan fingerprint density at radius 3 is 2.67 bits per heavy atom. The molecule has 0 saturated heterocycles. The van der Waals surface area contributed by atoms with Crippen LogP contribution in [0.2, 0.25) is 0 Å². The molecule has 1 atom stereocenters. The van der Waals surface area contributed by atoms with Crippen LogP contribution in [0.15, 0.2) is 18.2 Å². The van der Waals surface area contributed by atoms with Crippen LogP contribution in [-0.4, -0.2) is 25.8 Å². The molecule has 0 aliphatic rings. The molecule has 0 aliphatic heterocycles. The van der Waals surface area contributed by atoms with Crippen molar-refractivity contribution in [2.24, 2.45) is 5.73 Å². The van der Waals surface area contributed by atoms with E-state index >= 15 is 0 Å². The van der Waals surface area contributed by atoms with Gasteiger partial charge in [0, 0.05) is 6.54 Å². The van der Waals surface area contributed by atoms with E-state index in [4.69, 9.17) is 15.2 Å². The number of rotatable bonds is 6. The predicted molar refractivity (Wildman–Crippen MR) is 67.6 cm³/mol. The molecule has 1 aromatic carbocycles. The molecule has 5 nitrogen and oxygen atoms in total. The van der Waals surface area contributed by atoms with Crippen molar-refractivity contribution in [1.82, 2.24) is 0 Å². The summed E-state index contributed by atoms with van der Waals surface area (Å²) in [5.74, 6) is 0.656. The zero-order valence-electron chi connectivity index (χ0n) is 10.9. The predicted octanol–water partition coefficient (Wildman–Crippen LogP) is 1.48. The Kier molecular flexibility index (Phi) is 5.45. The minimum atomic E-state index is -0.682. The van der Waals surface area contributed by atoms with Crippen LogP contribution < -0.4 is 15.2 Å². The van der Waals surface area contributed by atoms with E-state index in [1.54, 1.807) is 13.0 Å². The molecular weight excluding hydrogens is 234 g/mol. The summed E-state index contributed by atoms with van der Waals surface area (Å²) >= 11 is 0. The molecule has 0 spiro atoms. The highest BCUT2D eigenvalue weighted by Crippen LogP contribution is 2.29. The molecule has 1 rings (SSSR count). The number of carbonyl (C=O) groups is 1. The Labute approximate surface area is 107 Å². The number of benzene rings is 1. The molecule has 0 bridgehead atoms. The highest BCUT2D eigenvalue weighted by Gasteiger charge is 2.17. The van der Waals surface area contributed by atoms with E-state index < -0.39 is 12.1 Å². The minimum absolute atomic E-state index is 0.424. The maximum atomic E-state index is 11.3. The maximum Gasteiger partial charge on any atom is 0.346 e. The molecular formula is C13H19NO4. The van der Waals surface area contributed by atoms with Gasteiger partial charge in [-0.2, -0.15) is 0 Å². The number of carbonyl (C=O) groups excluding carboxylic acids is 1. The van der Waals surface area contributed by atoms with Crippen molar-refractivity contribution in [3.05, 3.63) is 23.8 Å². The summed E-state index contributed by atoms with van der Waals surface area (Å²) in [7, 11) is 1.32. The molecule has 1 aromatic rings. The molecule has 0 aromatic heterocycles. The van der Waals surface area contributed by atoms with Gasteiger partial charge in [-0.3, -0.25) is 0 Å². The van der Waals surface area contributed by atoms with Gasteiger partial charge in [-0.05, 0) is 31.5 Å². The number of ether oxygens (including phenoxy) is 3. The van der Waals surface area contributed by atoms with Gasteiger partial charge in [-0.25, -0.2) is 4.79 Å². The van der Waals surface area contributed by atoms with Gasteiger partial charge >= 0.3 is 5.97 Å². The van der Waals surface area contributed by atoms with E-state index in [1.165, 1.54) is 7.11 Å². The summed E-state index contributed by atoms with van der Waals surface area (Å²) in [6.07, 6.45) is -0.682. The number of esters is 1. The van der Waals surface area contributed by atoms with Gasteiger partial charge in [0.15, 0.2) is 17.6 Å². The third-order valence-electron chi connectivity index (χ3n) is 2.38. The SMILES string of the molecule is CCOc1cc(CN)ccc1OC(C)C(=O)OC. The fourth-order valence-corrected chi connectivity index (χ4v) is 1.45. The summed E-state index contributed by atoms with van der Waals surface area (Å²) < 4.78 is 15.6. The first-order valence-electron chi connectivity index (χ1n) is 5.82. The lowest BCUT2D eigenvalue weighted by Crippen LogP contribution is -2.25. The molecule has 18 heavy (non-hydrogen) atoms. The Hall–Kier alpha value is -1.75. The minimum Gasteiger partial charge on any atom is -0.490 e. The van der Waals surface area contributed by atoms with Gasteiger partial charge in [0.05, 0.1) is 13.7 Å². The third-order valence-corrected chi connectivity index (χ3v) is 2.38. The summed E-state index contributed by atoms with van der Waals surface area (Å²) in [5, 5.41) is 0. The zero-order valence-corrected chi connectivity index (χ0v) is 10.9. The quantitative estimate of drug-likeness (QED) is 0.778. The Morgan fingerprint density at radius 1 is 1.39 bits per heavy atom. The Balaban J connectivity index is 2.89. The fraction of sp³-hybridized carbons (Fsp3) is 0.462. The van der Waals surface area contributed by atoms with E-state index in [1.807, 2.05) is 19.1 Å². The molecule has 0 heterocycles. The van der Waals surface area contributed by atoms with Crippen LogP contribution in [0.1, 0.15) is 19.4 Å². The molecule has 0 radical (unpaired) electrons.